The van der Waals surface area contributed by atoms with Crippen LogP contribution in [-0.4, -0.2) is 31.1 Å². The number of anilines is 1. The number of carbonyl (C=O) groups is 1. The fraction of sp³-hybridized carbons (Fsp3) is 0.200. The molecule has 0 aliphatic carbocycles. The average molecular weight is 416 g/mol. The maximum Gasteiger partial charge on any atom is 0.258 e. The standard InChI is InChI=1S/C20H21FN4O3S/c1-3-24-29(27,28)17-9-8-14(2)18(10-17)20(26)25(16-11-22-23-12-16)13-15-6-4-5-7-19(15)21/h4-12,24H,3,13H2,1-2H3,(H,22,23). The summed E-state index contributed by atoms with van der Waals surface area (Å²) in [5.41, 5.74) is 1.59. The van der Waals surface area contributed by atoms with Gasteiger partial charge in [0.15, 0.2) is 0 Å². The van der Waals surface area contributed by atoms with E-state index < -0.39 is 21.7 Å². The SMILES string of the molecule is CCNS(=O)(=O)c1ccc(C)c(C(=O)N(Cc2ccccc2F)c2cn[nH]c2)c1. The maximum absolute atomic E-state index is 14.2. The number of aromatic amines is 1. The monoisotopic (exact) mass is 416 g/mol. The Labute approximate surface area is 168 Å². The molecule has 7 nitrogen and oxygen atoms in total. The number of rotatable bonds is 7. The molecule has 3 rings (SSSR count). The number of halogens is 1. The minimum absolute atomic E-state index is 0.00802. The van der Waals surface area contributed by atoms with Crippen LogP contribution in [-0.2, 0) is 16.6 Å². The lowest BCUT2D eigenvalue weighted by Crippen LogP contribution is -2.31. The topological polar surface area (TPSA) is 95.2 Å². The normalized spacial score (nSPS) is 11.4. The van der Waals surface area contributed by atoms with Crippen LogP contribution in [0.5, 0.6) is 0 Å². The molecule has 0 spiro atoms. The van der Waals surface area contributed by atoms with Gasteiger partial charge in [-0.3, -0.25) is 9.89 Å². The van der Waals surface area contributed by atoms with Crippen molar-refractivity contribution in [1.29, 1.82) is 0 Å². The largest absolute Gasteiger partial charge is 0.301 e. The molecule has 2 aromatic carbocycles. The Balaban J connectivity index is 2.04. The Bertz CT molecular complexity index is 1110. The van der Waals surface area contributed by atoms with Crippen molar-refractivity contribution in [2.24, 2.45) is 0 Å². The third kappa shape index (κ3) is 4.52. The zero-order valence-corrected chi connectivity index (χ0v) is 16.8. The van der Waals surface area contributed by atoms with E-state index in [4.69, 9.17) is 0 Å². The Morgan fingerprint density at radius 2 is 2.00 bits per heavy atom. The number of hydrogen-bond acceptors (Lipinski definition) is 4. The van der Waals surface area contributed by atoms with Gasteiger partial charge < -0.3 is 4.90 Å². The molecule has 0 saturated heterocycles. The van der Waals surface area contributed by atoms with Crippen LogP contribution in [0, 0.1) is 12.7 Å². The predicted molar refractivity (Wildman–Crippen MR) is 108 cm³/mol. The molecule has 1 heterocycles. The summed E-state index contributed by atoms with van der Waals surface area (Å²) in [4.78, 5) is 14.7. The first kappa shape index (κ1) is 20.7. The molecule has 0 atom stereocenters. The van der Waals surface area contributed by atoms with Gasteiger partial charge in [-0.1, -0.05) is 31.2 Å². The summed E-state index contributed by atoms with van der Waals surface area (Å²) in [6.45, 7) is 3.59. The number of nitrogens with zero attached hydrogens (tertiary/aromatic N) is 2. The third-order valence-corrected chi connectivity index (χ3v) is 5.95. The maximum atomic E-state index is 14.2. The summed E-state index contributed by atoms with van der Waals surface area (Å²) >= 11 is 0. The molecule has 29 heavy (non-hydrogen) atoms. The van der Waals surface area contributed by atoms with E-state index in [9.17, 15) is 17.6 Å². The molecule has 0 fully saturated rings. The van der Waals surface area contributed by atoms with Crippen LogP contribution >= 0.6 is 0 Å². The molecule has 0 aliphatic heterocycles. The van der Waals surface area contributed by atoms with Crippen LogP contribution in [0.2, 0.25) is 0 Å². The van der Waals surface area contributed by atoms with Gasteiger partial charge in [-0.15, -0.1) is 0 Å². The van der Waals surface area contributed by atoms with Gasteiger partial charge in [0, 0.05) is 23.9 Å². The Kier molecular flexibility index (Phi) is 6.09. The highest BCUT2D eigenvalue weighted by molar-refractivity contribution is 7.89. The molecular weight excluding hydrogens is 395 g/mol. The smallest absolute Gasteiger partial charge is 0.258 e. The number of sulfonamides is 1. The molecule has 0 aliphatic rings. The molecule has 3 aromatic rings. The number of nitrogens with one attached hydrogen (secondary N) is 2. The van der Waals surface area contributed by atoms with Crippen LogP contribution in [0.15, 0.2) is 59.8 Å². The van der Waals surface area contributed by atoms with Gasteiger partial charge in [0.1, 0.15) is 5.82 Å². The summed E-state index contributed by atoms with van der Waals surface area (Å²) < 4.78 is 41.3. The van der Waals surface area contributed by atoms with Crippen LogP contribution in [0.25, 0.3) is 0 Å². The van der Waals surface area contributed by atoms with Crippen LogP contribution in [0.4, 0.5) is 10.1 Å². The zero-order valence-electron chi connectivity index (χ0n) is 16.0. The van der Waals surface area contributed by atoms with Crippen molar-refractivity contribution in [1.82, 2.24) is 14.9 Å². The zero-order chi connectivity index (χ0) is 21.0. The molecule has 0 saturated carbocycles. The number of aryl methyl sites for hydroxylation is 1. The minimum Gasteiger partial charge on any atom is -0.301 e. The molecule has 2 N–H and O–H groups in total. The highest BCUT2D eigenvalue weighted by Gasteiger charge is 2.24. The molecule has 0 unspecified atom stereocenters. The van der Waals surface area contributed by atoms with Gasteiger partial charge in [-0.2, -0.15) is 5.10 Å². The number of amides is 1. The fourth-order valence-electron chi connectivity index (χ4n) is 2.89. The van der Waals surface area contributed by atoms with Crippen LogP contribution in [0.1, 0.15) is 28.4 Å². The molecule has 152 valence electrons. The van der Waals surface area contributed by atoms with Crippen molar-refractivity contribution in [3.63, 3.8) is 0 Å². The lowest BCUT2D eigenvalue weighted by atomic mass is 10.1. The van der Waals surface area contributed by atoms with Crippen molar-refractivity contribution in [3.05, 3.63) is 77.4 Å². The number of carbonyl (C=O) groups excluding carboxylic acids is 1. The Hall–Kier alpha value is -3.04. The molecule has 1 aromatic heterocycles. The van der Waals surface area contributed by atoms with E-state index in [1.54, 1.807) is 38.1 Å². The van der Waals surface area contributed by atoms with Gasteiger partial charge >= 0.3 is 0 Å². The van der Waals surface area contributed by atoms with E-state index in [0.717, 1.165) is 0 Å². The summed E-state index contributed by atoms with van der Waals surface area (Å²) in [5, 5.41) is 6.51. The number of benzene rings is 2. The van der Waals surface area contributed by atoms with Crippen molar-refractivity contribution in [3.8, 4) is 0 Å². The van der Waals surface area contributed by atoms with Crippen molar-refractivity contribution >= 4 is 21.6 Å². The fourth-order valence-corrected chi connectivity index (χ4v) is 3.95. The average Bonchev–Trinajstić information content (AvgIpc) is 3.21. The quantitative estimate of drug-likeness (QED) is 0.619. The van der Waals surface area contributed by atoms with Crippen molar-refractivity contribution in [2.45, 2.75) is 25.3 Å². The highest BCUT2D eigenvalue weighted by atomic mass is 32.2. The van der Waals surface area contributed by atoms with Crippen molar-refractivity contribution < 1.29 is 17.6 Å². The lowest BCUT2D eigenvalue weighted by molar-refractivity contribution is 0.0984. The summed E-state index contributed by atoms with van der Waals surface area (Å²) in [7, 11) is -3.73. The van der Waals surface area contributed by atoms with Gasteiger partial charge in [-0.25, -0.2) is 17.5 Å². The first-order valence-electron chi connectivity index (χ1n) is 8.98. The van der Waals surface area contributed by atoms with Gasteiger partial charge in [0.2, 0.25) is 10.0 Å². The van der Waals surface area contributed by atoms with Gasteiger partial charge in [-0.05, 0) is 30.7 Å². The second-order valence-corrected chi connectivity index (χ2v) is 8.18. The van der Waals surface area contributed by atoms with E-state index in [0.29, 0.717) is 16.8 Å². The van der Waals surface area contributed by atoms with Crippen LogP contribution < -0.4 is 9.62 Å². The first-order chi connectivity index (χ1) is 13.8. The number of aromatic nitrogens is 2. The molecule has 0 radical (unpaired) electrons. The van der Waals surface area contributed by atoms with Gasteiger partial charge in [0.25, 0.3) is 5.91 Å². The molecule has 0 bridgehead atoms. The lowest BCUT2D eigenvalue weighted by Gasteiger charge is -2.23. The van der Waals surface area contributed by atoms with E-state index in [1.807, 2.05) is 0 Å². The van der Waals surface area contributed by atoms with E-state index >= 15 is 0 Å². The second kappa shape index (κ2) is 8.54. The predicted octanol–water partition coefficient (Wildman–Crippen LogP) is 3.00. The van der Waals surface area contributed by atoms with Gasteiger partial charge in [0.05, 0.1) is 23.3 Å². The Morgan fingerprint density at radius 1 is 1.24 bits per heavy atom. The highest BCUT2D eigenvalue weighted by Crippen LogP contribution is 2.23. The van der Waals surface area contributed by atoms with Crippen molar-refractivity contribution in [2.75, 3.05) is 11.4 Å². The third-order valence-electron chi connectivity index (χ3n) is 4.41. The van der Waals surface area contributed by atoms with E-state index in [-0.39, 0.29) is 23.5 Å². The van der Waals surface area contributed by atoms with Crippen LogP contribution in [0.3, 0.4) is 0 Å². The summed E-state index contributed by atoms with van der Waals surface area (Å²) in [5.74, 6) is -0.894. The molecule has 9 heteroatoms. The van der Waals surface area contributed by atoms with E-state index in [2.05, 4.69) is 14.9 Å². The molecular formula is C20H21FN4O3S. The minimum atomic E-state index is -3.73. The number of hydrogen-bond donors (Lipinski definition) is 2. The first-order valence-corrected chi connectivity index (χ1v) is 10.5. The second-order valence-electron chi connectivity index (χ2n) is 6.42. The summed E-state index contributed by atoms with van der Waals surface area (Å²) in [6.07, 6.45) is 2.97. The van der Waals surface area contributed by atoms with E-state index in [1.165, 1.54) is 35.5 Å². The Morgan fingerprint density at radius 3 is 2.66 bits per heavy atom. The molecule has 1 amide bonds. The summed E-state index contributed by atoms with van der Waals surface area (Å²) in [6, 6.07) is 10.5. The number of H-pyrrole nitrogens is 1.